The van der Waals surface area contributed by atoms with Crippen molar-refractivity contribution in [2.75, 3.05) is 10.6 Å². The standard InChI is InChI=1S/C14H15BrFN5O2/c1-14(2,3)20-13-11(21(22)23)12(17-7-18-13)19-10-5-4-8(15)6-9(10)16/h4-7H,1-3H3,(H2,17,18,19,20). The van der Waals surface area contributed by atoms with Crippen LogP contribution in [-0.2, 0) is 0 Å². The van der Waals surface area contributed by atoms with Crippen molar-refractivity contribution in [1.29, 1.82) is 0 Å². The molecule has 7 nitrogen and oxygen atoms in total. The first-order valence-corrected chi connectivity index (χ1v) is 7.46. The Morgan fingerprint density at radius 1 is 1.26 bits per heavy atom. The highest BCUT2D eigenvalue weighted by molar-refractivity contribution is 9.10. The zero-order chi connectivity index (χ0) is 17.2. The number of halogens is 2. The average Bonchev–Trinajstić information content (AvgIpc) is 2.40. The number of benzene rings is 1. The zero-order valence-electron chi connectivity index (χ0n) is 12.7. The van der Waals surface area contributed by atoms with Crippen LogP contribution in [0.5, 0.6) is 0 Å². The van der Waals surface area contributed by atoms with Gasteiger partial charge < -0.3 is 10.6 Å². The molecule has 0 unspecified atom stereocenters. The summed E-state index contributed by atoms with van der Waals surface area (Å²) in [7, 11) is 0. The Morgan fingerprint density at radius 2 is 1.91 bits per heavy atom. The van der Waals surface area contributed by atoms with Gasteiger partial charge in [0.1, 0.15) is 12.1 Å². The van der Waals surface area contributed by atoms with Gasteiger partial charge in [-0.2, -0.15) is 0 Å². The van der Waals surface area contributed by atoms with Gasteiger partial charge in [0.15, 0.2) is 0 Å². The maximum atomic E-state index is 13.9. The van der Waals surface area contributed by atoms with Crippen LogP contribution in [0.3, 0.4) is 0 Å². The summed E-state index contributed by atoms with van der Waals surface area (Å²) >= 11 is 3.15. The molecule has 0 atom stereocenters. The van der Waals surface area contributed by atoms with Crippen molar-refractivity contribution in [3.63, 3.8) is 0 Å². The molecule has 2 aromatic rings. The van der Waals surface area contributed by atoms with E-state index in [2.05, 4.69) is 36.5 Å². The Kier molecular flexibility index (Phi) is 4.79. The molecule has 2 N–H and O–H groups in total. The van der Waals surface area contributed by atoms with E-state index >= 15 is 0 Å². The average molecular weight is 384 g/mol. The molecule has 1 heterocycles. The van der Waals surface area contributed by atoms with Gasteiger partial charge >= 0.3 is 5.69 Å². The van der Waals surface area contributed by atoms with Gasteiger partial charge in [0.2, 0.25) is 11.6 Å². The van der Waals surface area contributed by atoms with Crippen LogP contribution in [0.15, 0.2) is 29.0 Å². The van der Waals surface area contributed by atoms with Crippen molar-refractivity contribution in [2.45, 2.75) is 26.3 Å². The number of nitro groups is 1. The lowest BCUT2D eigenvalue weighted by Gasteiger charge is -2.21. The van der Waals surface area contributed by atoms with Crippen molar-refractivity contribution in [3.05, 3.63) is 44.9 Å². The molecule has 0 saturated carbocycles. The molecule has 122 valence electrons. The normalized spacial score (nSPS) is 11.2. The number of nitrogens with one attached hydrogen (secondary N) is 2. The van der Waals surface area contributed by atoms with E-state index in [9.17, 15) is 14.5 Å². The third-order valence-corrected chi connectivity index (χ3v) is 3.18. The Hall–Kier alpha value is -2.29. The van der Waals surface area contributed by atoms with Gasteiger partial charge in [-0.3, -0.25) is 10.1 Å². The van der Waals surface area contributed by atoms with Crippen LogP contribution in [0.4, 0.5) is 27.4 Å². The van der Waals surface area contributed by atoms with Gasteiger partial charge in [-0.05, 0) is 39.0 Å². The second-order valence-electron chi connectivity index (χ2n) is 5.80. The third-order valence-electron chi connectivity index (χ3n) is 2.68. The van der Waals surface area contributed by atoms with Gasteiger partial charge in [-0.25, -0.2) is 14.4 Å². The minimum atomic E-state index is -0.604. The second-order valence-corrected chi connectivity index (χ2v) is 6.72. The summed E-state index contributed by atoms with van der Waals surface area (Å²) in [4.78, 5) is 18.6. The fraction of sp³-hybridized carbons (Fsp3) is 0.286. The van der Waals surface area contributed by atoms with Crippen LogP contribution in [-0.4, -0.2) is 20.4 Å². The fourth-order valence-corrected chi connectivity index (χ4v) is 2.14. The molecule has 23 heavy (non-hydrogen) atoms. The quantitative estimate of drug-likeness (QED) is 0.605. The van der Waals surface area contributed by atoms with E-state index in [1.54, 1.807) is 6.07 Å². The van der Waals surface area contributed by atoms with Gasteiger partial charge in [0.05, 0.1) is 10.6 Å². The molecule has 0 aliphatic carbocycles. The summed E-state index contributed by atoms with van der Waals surface area (Å²) in [5.41, 5.74) is -0.694. The predicted octanol–water partition coefficient (Wildman–Crippen LogP) is 4.24. The maximum Gasteiger partial charge on any atom is 0.353 e. The summed E-state index contributed by atoms with van der Waals surface area (Å²) in [5, 5.41) is 17.0. The minimum Gasteiger partial charge on any atom is -0.360 e. The molecule has 0 amide bonds. The van der Waals surface area contributed by atoms with Crippen LogP contribution >= 0.6 is 15.9 Å². The Morgan fingerprint density at radius 3 is 2.48 bits per heavy atom. The van der Waals surface area contributed by atoms with E-state index in [1.807, 2.05) is 20.8 Å². The largest absolute Gasteiger partial charge is 0.360 e. The van der Waals surface area contributed by atoms with Crippen molar-refractivity contribution < 1.29 is 9.31 Å². The number of anilines is 3. The lowest BCUT2D eigenvalue weighted by Crippen LogP contribution is -2.27. The van der Waals surface area contributed by atoms with E-state index in [0.29, 0.717) is 4.47 Å². The maximum absolute atomic E-state index is 13.9. The van der Waals surface area contributed by atoms with E-state index in [4.69, 9.17) is 0 Å². The van der Waals surface area contributed by atoms with Crippen molar-refractivity contribution in [2.24, 2.45) is 0 Å². The van der Waals surface area contributed by atoms with Gasteiger partial charge in [-0.1, -0.05) is 15.9 Å². The summed E-state index contributed by atoms with van der Waals surface area (Å²) in [6.45, 7) is 5.54. The highest BCUT2D eigenvalue weighted by Gasteiger charge is 2.26. The molecule has 0 radical (unpaired) electrons. The molecule has 0 bridgehead atoms. The van der Waals surface area contributed by atoms with Crippen molar-refractivity contribution in [3.8, 4) is 0 Å². The molecule has 0 aliphatic rings. The summed E-state index contributed by atoms with van der Waals surface area (Å²) in [5.74, 6) is -0.576. The first-order valence-electron chi connectivity index (χ1n) is 6.67. The first kappa shape index (κ1) is 17.1. The summed E-state index contributed by atoms with van der Waals surface area (Å²) in [6, 6.07) is 4.33. The van der Waals surface area contributed by atoms with Crippen LogP contribution in [0.2, 0.25) is 0 Å². The highest BCUT2D eigenvalue weighted by atomic mass is 79.9. The van der Waals surface area contributed by atoms with Crippen LogP contribution < -0.4 is 10.6 Å². The molecule has 1 aromatic heterocycles. The number of hydrogen-bond donors (Lipinski definition) is 2. The monoisotopic (exact) mass is 383 g/mol. The Balaban J connectivity index is 2.46. The Labute approximate surface area is 140 Å². The van der Waals surface area contributed by atoms with Gasteiger partial charge in [0.25, 0.3) is 0 Å². The van der Waals surface area contributed by atoms with Crippen LogP contribution in [0, 0.1) is 15.9 Å². The Bertz CT molecular complexity index is 748. The first-order chi connectivity index (χ1) is 10.7. The highest BCUT2D eigenvalue weighted by Crippen LogP contribution is 2.33. The van der Waals surface area contributed by atoms with Gasteiger partial charge in [0, 0.05) is 10.0 Å². The SMILES string of the molecule is CC(C)(C)Nc1ncnc(Nc2ccc(Br)cc2F)c1[N+](=O)[O-]. The molecule has 0 aliphatic heterocycles. The van der Waals surface area contributed by atoms with E-state index < -0.39 is 16.3 Å². The molecule has 0 spiro atoms. The van der Waals surface area contributed by atoms with Crippen molar-refractivity contribution >= 4 is 38.9 Å². The van der Waals surface area contributed by atoms with E-state index in [-0.39, 0.29) is 23.0 Å². The molecule has 2 rings (SSSR count). The van der Waals surface area contributed by atoms with E-state index in [1.165, 1.54) is 18.5 Å². The van der Waals surface area contributed by atoms with Crippen molar-refractivity contribution in [1.82, 2.24) is 9.97 Å². The van der Waals surface area contributed by atoms with E-state index in [0.717, 1.165) is 0 Å². The predicted molar refractivity (Wildman–Crippen MR) is 89.4 cm³/mol. The molecule has 0 fully saturated rings. The van der Waals surface area contributed by atoms with Gasteiger partial charge in [-0.15, -0.1) is 0 Å². The molecular weight excluding hydrogens is 369 g/mol. The lowest BCUT2D eigenvalue weighted by atomic mass is 10.1. The summed E-state index contributed by atoms with van der Waals surface area (Å²) in [6.07, 6.45) is 1.18. The molecular formula is C14H15BrFN5O2. The van der Waals surface area contributed by atoms with Crippen LogP contribution in [0.1, 0.15) is 20.8 Å². The summed E-state index contributed by atoms with van der Waals surface area (Å²) < 4.78 is 14.5. The molecule has 0 saturated heterocycles. The number of aromatic nitrogens is 2. The lowest BCUT2D eigenvalue weighted by molar-refractivity contribution is -0.383. The second kappa shape index (κ2) is 6.45. The molecule has 9 heteroatoms. The number of hydrogen-bond acceptors (Lipinski definition) is 6. The zero-order valence-corrected chi connectivity index (χ0v) is 14.3. The number of nitrogens with zero attached hydrogens (tertiary/aromatic N) is 3. The topological polar surface area (TPSA) is 93.0 Å². The fourth-order valence-electron chi connectivity index (χ4n) is 1.81. The van der Waals surface area contributed by atoms with Crippen LogP contribution in [0.25, 0.3) is 0 Å². The number of rotatable bonds is 4. The third kappa shape index (κ3) is 4.35. The molecule has 1 aromatic carbocycles. The smallest absolute Gasteiger partial charge is 0.353 e. The minimum absolute atomic E-state index is 0.0671.